The Labute approximate surface area is 154 Å². The van der Waals surface area contributed by atoms with Gasteiger partial charge >= 0.3 is 11.9 Å². The molecule has 6 nitrogen and oxygen atoms in total. The van der Waals surface area contributed by atoms with E-state index in [9.17, 15) is 9.59 Å². The summed E-state index contributed by atoms with van der Waals surface area (Å²) in [6.07, 6.45) is 5.58. The van der Waals surface area contributed by atoms with Crippen molar-refractivity contribution >= 4 is 11.9 Å². The first-order valence-corrected chi connectivity index (χ1v) is 8.59. The molecular weight excluding hydrogens is 336 g/mol. The molecule has 0 aliphatic heterocycles. The Morgan fingerprint density at radius 1 is 0.731 bits per heavy atom. The van der Waals surface area contributed by atoms with E-state index in [2.05, 4.69) is 13.2 Å². The van der Waals surface area contributed by atoms with Crippen molar-refractivity contribution in [3.8, 4) is 0 Å². The van der Waals surface area contributed by atoms with E-state index in [1.165, 1.54) is 12.5 Å². The van der Waals surface area contributed by atoms with E-state index in [0.717, 1.165) is 12.8 Å². The van der Waals surface area contributed by atoms with Crippen LogP contribution in [0.1, 0.15) is 46.4 Å². The molecule has 0 spiro atoms. The SMILES string of the molecule is C=COCCCCOC(=O)c1ccccc1C(=O)OCCCCOC=C. The molecule has 142 valence electrons. The van der Waals surface area contributed by atoms with Crippen molar-refractivity contribution in [1.82, 2.24) is 0 Å². The maximum Gasteiger partial charge on any atom is 0.339 e. The number of hydrogen-bond donors (Lipinski definition) is 0. The van der Waals surface area contributed by atoms with Gasteiger partial charge < -0.3 is 18.9 Å². The lowest BCUT2D eigenvalue weighted by atomic mass is 10.1. The van der Waals surface area contributed by atoms with E-state index in [4.69, 9.17) is 18.9 Å². The molecule has 0 saturated carbocycles. The van der Waals surface area contributed by atoms with E-state index in [-0.39, 0.29) is 24.3 Å². The first-order valence-electron chi connectivity index (χ1n) is 8.59. The minimum atomic E-state index is -0.540. The van der Waals surface area contributed by atoms with E-state index < -0.39 is 11.9 Å². The van der Waals surface area contributed by atoms with Crippen LogP contribution in [0.4, 0.5) is 0 Å². The summed E-state index contributed by atoms with van der Waals surface area (Å²) in [5.41, 5.74) is 0.407. The van der Waals surface area contributed by atoms with E-state index in [0.29, 0.717) is 26.1 Å². The van der Waals surface area contributed by atoms with Gasteiger partial charge in [-0.3, -0.25) is 0 Å². The monoisotopic (exact) mass is 362 g/mol. The Bertz CT molecular complexity index is 530. The van der Waals surface area contributed by atoms with Gasteiger partial charge in [0.2, 0.25) is 0 Å². The molecule has 1 aromatic carbocycles. The Morgan fingerprint density at radius 2 is 1.12 bits per heavy atom. The molecule has 0 aliphatic carbocycles. The molecule has 26 heavy (non-hydrogen) atoms. The third-order valence-corrected chi connectivity index (χ3v) is 3.38. The van der Waals surface area contributed by atoms with Crippen LogP contribution in [0.2, 0.25) is 0 Å². The number of rotatable bonds is 14. The maximum atomic E-state index is 12.2. The van der Waals surface area contributed by atoms with Gasteiger partial charge in [0.25, 0.3) is 0 Å². The number of esters is 2. The molecule has 1 aromatic rings. The molecule has 6 heteroatoms. The lowest BCUT2D eigenvalue weighted by molar-refractivity contribution is 0.0445. The van der Waals surface area contributed by atoms with Gasteiger partial charge in [0.05, 0.1) is 50.1 Å². The van der Waals surface area contributed by atoms with Crippen LogP contribution in [-0.2, 0) is 18.9 Å². The topological polar surface area (TPSA) is 71.1 Å². The van der Waals surface area contributed by atoms with Crippen LogP contribution in [0, 0.1) is 0 Å². The highest BCUT2D eigenvalue weighted by Gasteiger charge is 2.18. The summed E-state index contributed by atoms with van der Waals surface area (Å²) in [6.45, 7) is 8.47. The van der Waals surface area contributed by atoms with Gasteiger partial charge in [-0.25, -0.2) is 9.59 Å². The number of hydrogen-bond acceptors (Lipinski definition) is 6. The summed E-state index contributed by atoms with van der Waals surface area (Å²) >= 11 is 0. The zero-order chi connectivity index (χ0) is 19.0. The fourth-order valence-electron chi connectivity index (χ4n) is 2.07. The third-order valence-electron chi connectivity index (χ3n) is 3.38. The molecule has 0 N–H and O–H groups in total. The summed E-state index contributed by atoms with van der Waals surface area (Å²) in [5, 5.41) is 0. The highest BCUT2D eigenvalue weighted by Crippen LogP contribution is 2.13. The Hall–Kier alpha value is -2.76. The molecule has 0 radical (unpaired) electrons. The zero-order valence-corrected chi connectivity index (χ0v) is 15.0. The first-order chi connectivity index (χ1) is 12.7. The second-order valence-electron chi connectivity index (χ2n) is 5.31. The van der Waals surface area contributed by atoms with Crippen LogP contribution in [-0.4, -0.2) is 38.4 Å². The summed E-state index contributed by atoms with van der Waals surface area (Å²) in [5.74, 6) is -1.08. The van der Waals surface area contributed by atoms with Crippen molar-refractivity contribution in [3.63, 3.8) is 0 Å². The number of carbonyl (C=O) groups excluding carboxylic acids is 2. The molecule has 0 heterocycles. The van der Waals surface area contributed by atoms with Crippen LogP contribution >= 0.6 is 0 Å². The summed E-state index contributed by atoms with van der Waals surface area (Å²) in [4.78, 5) is 24.4. The average Bonchev–Trinajstić information content (AvgIpc) is 2.67. The Kier molecular flexibility index (Phi) is 11.1. The van der Waals surface area contributed by atoms with E-state index >= 15 is 0 Å². The lowest BCUT2D eigenvalue weighted by Gasteiger charge is -2.10. The van der Waals surface area contributed by atoms with Gasteiger partial charge in [-0.2, -0.15) is 0 Å². The number of unbranched alkanes of at least 4 members (excludes halogenated alkanes) is 2. The van der Waals surface area contributed by atoms with Gasteiger partial charge in [-0.15, -0.1) is 0 Å². The zero-order valence-electron chi connectivity index (χ0n) is 15.0. The van der Waals surface area contributed by atoms with Crippen molar-refractivity contribution in [2.75, 3.05) is 26.4 Å². The predicted molar refractivity (Wildman–Crippen MR) is 97.8 cm³/mol. The molecular formula is C20H26O6. The van der Waals surface area contributed by atoms with Crippen molar-refractivity contribution in [2.24, 2.45) is 0 Å². The fourth-order valence-corrected chi connectivity index (χ4v) is 2.07. The largest absolute Gasteiger partial charge is 0.502 e. The van der Waals surface area contributed by atoms with Crippen molar-refractivity contribution in [1.29, 1.82) is 0 Å². The summed E-state index contributed by atoms with van der Waals surface area (Å²) in [7, 11) is 0. The quantitative estimate of drug-likeness (QED) is 0.284. The first kappa shape index (κ1) is 21.3. The molecule has 0 aromatic heterocycles. The van der Waals surface area contributed by atoms with Crippen LogP contribution < -0.4 is 0 Å². The molecule has 0 saturated heterocycles. The van der Waals surface area contributed by atoms with Crippen molar-refractivity contribution in [2.45, 2.75) is 25.7 Å². The van der Waals surface area contributed by atoms with E-state index in [1.54, 1.807) is 24.3 Å². The molecule has 0 unspecified atom stereocenters. The standard InChI is InChI=1S/C20H26O6/c1-3-23-13-7-9-15-25-19(21)17-11-5-6-12-18(17)20(22)26-16-10-8-14-24-4-2/h3-6,11-12H,1-2,7-10,13-16H2. The fraction of sp³-hybridized carbons (Fsp3) is 0.400. The second-order valence-corrected chi connectivity index (χ2v) is 5.31. The molecule has 0 atom stereocenters. The third kappa shape index (κ3) is 8.37. The van der Waals surface area contributed by atoms with Crippen LogP contribution in [0.3, 0.4) is 0 Å². The van der Waals surface area contributed by atoms with Crippen molar-refractivity contribution < 1.29 is 28.5 Å². The van der Waals surface area contributed by atoms with Gasteiger partial charge in [0.15, 0.2) is 0 Å². The van der Waals surface area contributed by atoms with Gasteiger partial charge in [0.1, 0.15) is 0 Å². The minimum Gasteiger partial charge on any atom is -0.502 e. The molecule has 1 rings (SSSR count). The van der Waals surface area contributed by atoms with Crippen LogP contribution in [0.25, 0.3) is 0 Å². The highest BCUT2D eigenvalue weighted by atomic mass is 16.5. The van der Waals surface area contributed by atoms with Crippen LogP contribution in [0.5, 0.6) is 0 Å². The maximum absolute atomic E-state index is 12.2. The minimum absolute atomic E-state index is 0.204. The molecule has 0 fully saturated rings. The lowest BCUT2D eigenvalue weighted by Crippen LogP contribution is -2.15. The van der Waals surface area contributed by atoms with Gasteiger partial charge in [-0.1, -0.05) is 25.3 Å². The number of ether oxygens (including phenoxy) is 4. The van der Waals surface area contributed by atoms with Crippen LogP contribution in [0.15, 0.2) is 49.9 Å². The smallest absolute Gasteiger partial charge is 0.339 e. The predicted octanol–water partition coefficient (Wildman–Crippen LogP) is 3.88. The normalized spacial score (nSPS) is 9.85. The highest BCUT2D eigenvalue weighted by molar-refractivity contribution is 6.03. The molecule has 0 bridgehead atoms. The second kappa shape index (κ2) is 13.5. The van der Waals surface area contributed by atoms with Gasteiger partial charge in [-0.05, 0) is 37.8 Å². The van der Waals surface area contributed by atoms with Gasteiger partial charge in [0, 0.05) is 0 Å². The number of carbonyl (C=O) groups is 2. The molecule has 0 aliphatic rings. The summed E-state index contributed by atoms with van der Waals surface area (Å²) in [6, 6.07) is 6.46. The summed E-state index contributed by atoms with van der Waals surface area (Å²) < 4.78 is 20.4. The van der Waals surface area contributed by atoms with E-state index in [1.807, 2.05) is 0 Å². The molecule has 0 amide bonds. The Balaban J connectivity index is 2.44. The van der Waals surface area contributed by atoms with Crippen molar-refractivity contribution in [3.05, 3.63) is 61.1 Å². The number of benzene rings is 1. The Morgan fingerprint density at radius 3 is 1.50 bits per heavy atom. The average molecular weight is 362 g/mol.